The molecule has 1 aliphatic rings. The zero-order valence-corrected chi connectivity index (χ0v) is 15.5. The Kier molecular flexibility index (Phi) is 4.46. The summed E-state index contributed by atoms with van der Waals surface area (Å²) in [6, 6.07) is 7.03. The minimum absolute atomic E-state index is 0.191. The van der Waals surface area contributed by atoms with Crippen LogP contribution < -0.4 is 5.32 Å². The molecule has 1 amide bonds. The number of carbonyl (C=O) groups excluding carboxylic acids is 1. The molecule has 0 radical (unpaired) electrons. The summed E-state index contributed by atoms with van der Waals surface area (Å²) in [4.78, 5) is 12.7. The zero-order chi connectivity index (χ0) is 18.3. The Morgan fingerprint density at radius 2 is 2.15 bits per heavy atom. The highest BCUT2D eigenvalue weighted by molar-refractivity contribution is 6.35. The number of benzene rings is 1. The van der Waals surface area contributed by atoms with Crippen LogP contribution in [0.2, 0.25) is 10.0 Å². The topological polar surface area (TPSA) is 73.0 Å². The largest absolute Gasteiger partial charge is 0.361 e. The SMILES string of the molecule is Cc1cc(CNC(=O)c2cnn(-c3ccc(Cl)cc3Cl)c2C2CC2)no1. The van der Waals surface area contributed by atoms with E-state index >= 15 is 0 Å². The maximum atomic E-state index is 12.7. The van der Waals surface area contributed by atoms with E-state index in [-0.39, 0.29) is 5.91 Å². The first kappa shape index (κ1) is 17.1. The van der Waals surface area contributed by atoms with E-state index in [1.54, 1.807) is 29.1 Å². The predicted molar refractivity (Wildman–Crippen MR) is 98.0 cm³/mol. The fourth-order valence-corrected chi connectivity index (χ4v) is 3.38. The lowest BCUT2D eigenvalue weighted by Crippen LogP contribution is -2.24. The van der Waals surface area contributed by atoms with Crippen molar-refractivity contribution in [1.29, 1.82) is 0 Å². The monoisotopic (exact) mass is 390 g/mol. The third-order valence-electron chi connectivity index (χ3n) is 4.26. The summed E-state index contributed by atoms with van der Waals surface area (Å²) >= 11 is 12.3. The normalized spacial score (nSPS) is 13.8. The number of nitrogens with zero attached hydrogens (tertiary/aromatic N) is 3. The molecule has 1 aromatic carbocycles. The summed E-state index contributed by atoms with van der Waals surface area (Å²) in [7, 11) is 0. The summed E-state index contributed by atoms with van der Waals surface area (Å²) in [5.41, 5.74) is 2.82. The van der Waals surface area contributed by atoms with Gasteiger partial charge in [0, 0.05) is 17.0 Å². The molecule has 0 spiro atoms. The van der Waals surface area contributed by atoms with E-state index in [1.807, 2.05) is 13.0 Å². The van der Waals surface area contributed by atoms with Gasteiger partial charge < -0.3 is 9.84 Å². The Labute approximate surface area is 160 Å². The van der Waals surface area contributed by atoms with Crippen molar-refractivity contribution in [3.63, 3.8) is 0 Å². The van der Waals surface area contributed by atoms with Crippen molar-refractivity contribution in [3.05, 3.63) is 63.2 Å². The zero-order valence-electron chi connectivity index (χ0n) is 14.0. The van der Waals surface area contributed by atoms with Crippen LogP contribution in [0.15, 0.2) is 35.0 Å². The number of amides is 1. The number of nitrogens with one attached hydrogen (secondary N) is 1. The van der Waals surface area contributed by atoms with Gasteiger partial charge in [0.1, 0.15) is 11.5 Å². The third-order valence-corrected chi connectivity index (χ3v) is 4.80. The van der Waals surface area contributed by atoms with E-state index in [2.05, 4.69) is 15.6 Å². The van der Waals surface area contributed by atoms with Gasteiger partial charge in [0.05, 0.1) is 34.7 Å². The number of halogens is 2. The molecule has 4 rings (SSSR count). The Hall–Kier alpha value is -2.31. The molecule has 8 heteroatoms. The van der Waals surface area contributed by atoms with Gasteiger partial charge in [-0.05, 0) is 38.0 Å². The van der Waals surface area contributed by atoms with Crippen LogP contribution in [0, 0.1) is 6.92 Å². The number of carbonyl (C=O) groups is 1. The molecule has 0 atom stereocenters. The molecule has 1 aliphatic carbocycles. The minimum atomic E-state index is -0.191. The molecule has 1 saturated carbocycles. The Morgan fingerprint density at radius 3 is 2.81 bits per heavy atom. The van der Waals surface area contributed by atoms with Crippen LogP contribution in [0.4, 0.5) is 0 Å². The molecule has 3 aromatic rings. The van der Waals surface area contributed by atoms with Crippen LogP contribution in [-0.4, -0.2) is 20.8 Å². The van der Waals surface area contributed by atoms with Gasteiger partial charge in [-0.25, -0.2) is 4.68 Å². The van der Waals surface area contributed by atoms with E-state index in [4.69, 9.17) is 27.7 Å². The average Bonchev–Trinajstić information content (AvgIpc) is 3.21. The van der Waals surface area contributed by atoms with Crippen molar-refractivity contribution in [1.82, 2.24) is 20.3 Å². The Bertz CT molecular complexity index is 975. The van der Waals surface area contributed by atoms with Crippen LogP contribution in [0.5, 0.6) is 0 Å². The summed E-state index contributed by atoms with van der Waals surface area (Å²) in [6.45, 7) is 2.11. The fraction of sp³-hybridized carbons (Fsp3) is 0.278. The number of rotatable bonds is 5. The molecule has 0 unspecified atom stereocenters. The van der Waals surface area contributed by atoms with Gasteiger partial charge in [0.2, 0.25) is 0 Å². The van der Waals surface area contributed by atoms with E-state index in [1.165, 1.54) is 0 Å². The summed E-state index contributed by atoms with van der Waals surface area (Å²) < 4.78 is 6.76. The molecule has 134 valence electrons. The van der Waals surface area contributed by atoms with Gasteiger partial charge >= 0.3 is 0 Å². The van der Waals surface area contributed by atoms with Gasteiger partial charge in [0.25, 0.3) is 5.91 Å². The number of hydrogen-bond acceptors (Lipinski definition) is 4. The number of aryl methyl sites for hydroxylation is 1. The van der Waals surface area contributed by atoms with Crippen LogP contribution in [0.1, 0.15) is 46.3 Å². The Morgan fingerprint density at radius 1 is 1.35 bits per heavy atom. The van der Waals surface area contributed by atoms with Crippen molar-refractivity contribution in [3.8, 4) is 5.69 Å². The van der Waals surface area contributed by atoms with E-state index in [0.717, 1.165) is 18.5 Å². The van der Waals surface area contributed by atoms with E-state index in [9.17, 15) is 4.79 Å². The van der Waals surface area contributed by atoms with Crippen molar-refractivity contribution in [2.75, 3.05) is 0 Å². The number of aromatic nitrogens is 3. The van der Waals surface area contributed by atoms with Gasteiger partial charge in [-0.1, -0.05) is 28.4 Å². The second-order valence-corrected chi connectivity index (χ2v) is 7.18. The first-order valence-electron chi connectivity index (χ1n) is 8.26. The molecule has 26 heavy (non-hydrogen) atoms. The van der Waals surface area contributed by atoms with Gasteiger partial charge in [-0.15, -0.1) is 0 Å². The first-order chi connectivity index (χ1) is 12.5. The second-order valence-electron chi connectivity index (χ2n) is 6.34. The predicted octanol–water partition coefficient (Wildman–Crippen LogP) is 4.28. The van der Waals surface area contributed by atoms with Crippen molar-refractivity contribution in [2.24, 2.45) is 0 Å². The molecule has 0 bridgehead atoms. The van der Waals surface area contributed by atoms with Crippen molar-refractivity contribution >= 4 is 29.1 Å². The fourth-order valence-electron chi connectivity index (χ4n) is 2.89. The highest BCUT2D eigenvalue weighted by atomic mass is 35.5. The Balaban J connectivity index is 1.62. The molecule has 0 aliphatic heterocycles. The minimum Gasteiger partial charge on any atom is -0.361 e. The smallest absolute Gasteiger partial charge is 0.255 e. The van der Waals surface area contributed by atoms with Crippen LogP contribution >= 0.6 is 23.2 Å². The maximum absolute atomic E-state index is 12.7. The van der Waals surface area contributed by atoms with Crippen molar-refractivity contribution < 1.29 is 9.32 Å². The lowest BCUT2D eigenvalue weighted by Gasteiger charge is -2.11. The molecule has 1 N–H and O–H groups in total. The summed E-state index contributed by atoms with van der Waals surface area (Å²) in [5.74, 6) is 0.821. The molecule has 1 fully saturated rings. The molecular formula is C18H16Cl2N4O2. The van der Waals surface area contributed by atoms with Gasteiger partial charge in [-0.3, -0.25) is 4.79 Å². The highest BCUT2D eigenvalue weighted by Crippen LogP contribution is 2.43. The quantitative estimate of drug-likeness (QED) is 0.705. The standard InChI is InChI=1S/C18H16Cl2N4O2/c1-10-6-13(23-26-10)8-21-18(25)14-9-22-24(17(14)11-2-3-11)16-5-4-12(19)7-15(16)20/h4-7,9,11H,2-3,8H2,1H3,(H,21,25). The second kappa shape index (κ2) is 6.78. The van der Waals surface area contributed by atoms with Crippen LogP contribution in [0.25, 0.3) is 5.69 Å². The highest BCUT2D eigenvalue weighted by Gasteiger charge is 2.33. The lowest BCUT2D eigenvalue weighted by molar-refractivity contribution is 0.0949. The molecular weight excluding hydrogens is 375 g/mol. The number of hydrogen-bond donors (Lipinski definition) is 1. The van der Waals surface area contributed by atoms with E-state index in [0.29, 0.717) is 45.2 Å². The summed E-state index contributed by atoms with van der Waals surface area (Å²) in [6.07, 6.45) is 3.64. The third kappa shape index (κ3) is 3.34. The van der Waals surface area contributed by atoms with Crippen LogP contribution in [-0.2, 0) is 6.54 Å². The van der Waals surface area contributed by atoms with E-state index < -0.39 is 0 Å². The van der Waals surface area contributed by atoms with Gasteiger partial charge in [-0.2, -0.15) is 5.10 Å². The van der Waals surface area contributed by atoms with Gasteiger partial charge in [0.15, 0.2) is 0 Å². The maximum Gasteiger partial charge on any atom is 0.255 e. The molecule has 0 saturated heterocycles. The molecule has 6 nitrogen and oxygen atoms in total. The molecule has 2 heterocycles. The first-order valence-corrected chi connectivity index (χ1v) is 9.02. The molecule has 2 aromatic heterocycles. The van der Waals surface area contributed by atoms with Crippen LogP contribution in [0.3, 0.4) is 0 Å². The lowest BCUT2D eigenvalue weighted by atomic mass is 10.1. The average molecular weight is 391 g/mol. The summed E-state index contributed by atoms with van der Waals surface area (Å²) in [5, 5.41) is 12.2. The van der Waals surface area contributed by atoms with Crippen molar-refractivity contribution in [2.45, 2.75) is 32.2 Å².